The average molecular weight is 1130 g/mol. The molecule has 3 aromatic heterocycles. The predicted octanol–water partition coefficient (Wildman–Crippen LogP) is 1.60. The molecule has 3 rings (SSSR count). The molecule has 0 fully saturated rings. The zero-order chi connectivity index (χ0) is 55.8. The highest BCUT2D eigenvalue weighted by atomic mass is 32.7. The molecule has 5 N–H and O–H groups in total. The molecule has 0 aliphatic carbocycles. The molecule has 0 aromatic carbocycles. The van der Waals surface area contributed by atoms with Gasteiger partial charge in [-0.2, -0.15) is 0 Å². The summed E-state index contributed by atoms with van der Waals surface area (Å²) >= 11 is 1.05. The predicted molar refractivity (Wildman–Crippen MR) is 281 cm³/mol. The van der Waals surface area contributed by atoms with Crippen LogP contribution in [-0.4, -0.2) is 186 Å². The fourth-order valence-electron chi connectivity index (χ4n) is 7.27. The number of unbranched alkanes of at least 4 members (excludes halogenated alkanes) is 3. The fourth-order valence-corrected chi connectivity index (χ4v) is 8.97. The molecule has 0 aliphatic rings. The highest BCUT2D eigenvalue weighted by Gasteiger charge is 2.34. The average Bonchev–Trinajstić information content (AvgIpc) is 4.17. The zero-order valence-electron chi connectivity index (χ0n) is 45.5. The maximum atomic E-state index is 13.8. The van der Waals surface area contributed by atoms with Crippen molar-refractivity contribution < 1.29 is 66.0 Å². The van der Waals surface area contributed by atoms with Gasteiger partial charge in [0.1, 0.15) is 17.1 Å². The SMILES string of the molecule is COP(=O)(OCCCCCCNC(=O)CCCC(=O)NC(CCC(=O)NCCOCCOCc1cn(C)nn1)(CCC(=O)NCCOCCOCc1cn(C)nn1)CCC(=O)NCCOCCOCc1cn(C)nn1)SC. The number of aromatic nitrogens is 9. The Morgan fingerprint density at radius 2 is 0.870 bits per heavy atom. The van der Waals surface area contributed by atoms with Gasteiger partial charge in [0.05, 0.1) is 104 Å². The summed E-state index contributed by atoms with van der Waals surface area (Å²) < 4.78 is 60.8. The molecule has 28 nitrogen and oxygen atoms in total. The summed E-state index contributed by atoms with van der Waals surface area (Å²) in [5.74, 6) is -1.52. The van der Waals surface area contributed by atoms with Crippen molar-refractivity contribution in [3.8, 4) is 0 Å². The van der Waals surface area contributed by atoms with Crippen molar-refractivity contribution in [3.05, 3.63) is 35.7 Å². The number of carbonyl (C=O) groups is 5. The standard InChI is InChI=1S/C47H83N14O14PS/c1-59-33-39(53-56-59)36-72-30-27-69-24-20-49-43(63)13-16-47(17-14-44(64)50-21-25-70-28-31-73-37-40-34-60(2)57-54-40,18-15-45(65)51-22-26-71-29-32-74-38-41-35-61(3)58-55-41)52-46(66)12-10-11-42(62)48-19-8-6-7-9-23-75-76(67,68-4)77-5/h33-35H,6-32,36-38H2,1-5H3,(H,48,62)(H,49,63)(H,50,64)(H,51,65)(H,52,66). The Kier molecular flexibility index (Phi) is 34.7. The molecule has 0 saturated carbocycles. The van der Waals surface area contributed by atoms with Gasteiger partial charge < -0.3 is 64.1 Å². The maximum absolute atomic E-state index is 13.8. The van der Waals surface area contributed by atoms with Crippen molar-refractivity contribution >= 4 is 47.7 Å². The summed E-state index contributed by atoms with van der Waals surface area (Å²) in [6.07, 6.45) is 10.6. The van der Waals surface area contributed by atoms with Crippen molar-refractivity contribution in [3.63, 3.8) is 0 Å². The lowest BCUT2D eigenvalue weighted by Gasteiger charge is -2.35. The van der Waals surface area contributed by atoms with E-state index in [0.717, 1.165) is 30.6 Å². The Balaban J connectivity index is 1.55. The van der Waals surface area contributed by atoms with Gasteiger partial charge in [0.15, 0.2) is 0 Å². The number of rotatable bonds is 48. The van der Waals surface area contributed by atoms with Gasteiger partial charge in [0.25, 0.3) is 0 Å². The minimum atomic E-state index is -3.10. The molecular weight excluding hydrogens is 1050 g/mol. The second-order valence-corrected chi connectivity index (χ2v) is 22.1. The monoisotopic (exact) mass is 1130 g/mol. The van der Waals surface area contributed by atoms with E-state index in [1.807, 2.05) is 0 Å². The van der Waals surface area contributed by atoms with Crippen LogP contribution in [0.5, 0.6) is 0 Å². The molecule has 0 saturated heterocycles. The van der Waals surface area contributed by atoms with Gasteiger partial charge in [0.2, 0.25) is 29.5 Å². The van der Waals surface area contributed by atoms with E-state index in [4.69, 9.17) is 37.5 Å². The lowest BCUT2D eigenvalue weighted by atomic mass is 9.82. The molecule has 0 radical (unpaired) electrons. The van der Waals surface area contributed by atoms with Gasteiger partial charge >= 0.3 is 6.80 Å². The van der Waals surface area contributed by atoms with Crippen LogP contribution in [0.1, 0.15) is 101 Å². The quantitative estimate of drug-likeness (QED) is 0.0396. The third kappa shape index (κ3) is 32.5. The van der Waals surface area contributed by atoms with Gasteiger partial charge in [-0.05, 0) is 56.2 Å². The third-order valence-corrected chi connectivity index (χ3v) is 14.8. The molecule has 77 heavy (non-hydrogen) atoms. The van der Waals surface area contributed by atoms with E-state index in [0.29, 0.717) is 96.1 Å². The molecule has 3 aromatic rings. The molecule has 0 aliphatic heterocycles. The number of carbonyl (C=O) groups excluding carboxylic acids is 5. The number of hydrogen-bond acceptors (Lipinski definition) is 21. The zero-order valence-corrected chi connectivity index (χ0v) is 47.3. The smallest absolute Gasteiger partial charge is 0.377 e. The van der Waals surface area contributed by atoms with Crippen molar-refractivity contribution in [2.24, 2.45) is 21.1 Å². The van der Waals surface area contributed by atoms with Crippen LogP contribution in [-0.2, 0) is 107 Å². The van der Waals surface area contributed by atoms with E-state index in [1.165, 1.54) is 7.11 Å². The lowest BCUT2D eigenvalue weighted by molar-refractivity contribution is -0.128. The molecule has 3 heterocycles. The molecule has 436 valence electrons. The van der Waals surface area contributed by atoms with E-state index in [2.05, 4.69) is 57.5 Å². The number of amides is 5. The van der Waals surface area contributed by atoms with E-state index in [1.54, 1.807) is 60.0 Å². The molecule has 1 atom stereocenters. The summed E-state index contributed by atoms with van der Waals surface area (Å²) in [5.41, 5.74) is 0.915. The highest BCUT2D eigenvalue weighted by Crippen LogP contribution is 2.58. The summed E-state index contributed by atoms with van der Waals surface area (Å²) in [6, 6.07) is 0. The van der Waals surface area contributed by atoms with E-state index >= 15 is 0 Å². The lowest BCUT2D eigenvalue weighted by Crippen LogP contribution is -2.50. The number of aryl methyl sites for hydroxylation is 3. The first-order valence-electron chi connectivity index (χ1n) is 26.0. The normalized spacial score (nSPS) is 12.3. The summed E-state index contributed by atoms with van der Waals surface area (Å²) in [7, 11) is 6.66. The van der Waals surface area contributed by atoms with Gasteiger partial charge in [-0.3, -0.25) is 38.0 Å². The van der Waals surface area contributed by atoms with Gasteiger partial charge in [-0.1, -0.05) is 28.5 Å². The van der Waals surface area contributed by atoms with Crippen LogP contribution < -0.4 is 26.6 Å². The minimum absolute atomic E-state index is 0.0133. The molecular formula is C47H83N14O14PS. The number of hydrogen-bond donors (Lipinski definition) is 5. The Bertz CT molecular complexity index is 1990. The fraction of sp³-hybridized carbons (Fsp3) is 0.766. The van der Waals surface area contributed by atoms with E-state index in [9.17, 15) is 28.5 Å². The Morgan fingerprint density at radius 3 is 1.26 bits per heavy atom. The van der Waals surface area contributed by atoms with Crippen molar-refractivity contribution in [1.82, 2.24) is 71.6 Å². The number of nitrogens with zero attached hydrogens (tertiary/aromatic N) is 9. The highest BCUT2D eigenvalue weighted by molar-refractivity contribution is 8.54. The Morgan fingerprint density at radius 1 is 0.494 bits per heavy atom. The molecule has 30 heteroatoms. The molecule has 0 spiro atoms. The van der Waals surface area contributed by atoms with Gasteiger partial charge in [-0.15, -0.1) is 15.3 Å². The second-order valence-electron chi connectivity index (χ2n) is 17.8. The summed E-state index contributed by atoms with van der Waals surface area (Å²) in [4.78, 5) is 66.4. The molecule has 1 unspecified atom stereocenters. The largest absolute Gasteiger partial charge is 0.388 e. The summed E-state index contributed by atoms with van der Waals surface area (Å²) in [6.45, 7) is 1.72. The molecule has 0 bridgehead atoms. The third-order valence-electron chi connectivity index (χ3n) is 11.3. The van der Waals surface area contributed by atoms with Crippen LogP contribution in [0.15, 0.2) is 18.6 Å². The van der Waals surface area contributed by atoms with Gasteiger partial charge in [-0.25, -0.2) is 4.57 Å². The first-order chi connectivity index (χ1) is 37.2. The Hall–Kier alpha value is -4.97. The first kappa shape index (κ1) is 66.3. The number of ether oxygens (including phenoxy) is 6. The van der Waals surface area contributed by atoms with Crippen LogP contribution >= 0.6 is 18.2 Å². The van der Waals surface area contributed by atoms with E-state index in [-0.39, 0.29) is 127 Å². The van der Waals surface area contributed by atoms with Crippen molar-refractivity contribution in [1.29, 1.82) is 0 Å². The summed E-state index contributed by atoms with van der Waals surface area (Å²) in [5, 5.41) is 38.1. The van der Waals surface area contributed by atoms with E-state index < -0.39 is 12.3 Å². The second kappa shape index (κ2) is 40.2. The van der Waals surface area contributed by atoms with Crippen LogP contribution in [0.4, 0.5) is 0 Å². The minimum Gasteiger partial charge on any atom is -0.377 e. The van der Waals surface area contributed by atoms with Crippen LogP contribution in [0.25, 0.3) is 0 Å². The first-order valence-corrected chi connectivity index (χ1v) is 29.3. The van der Waals surface area contributed by atoms with Crippen LogP contribution in [0.2, 0.25) is 0 Å². The Labute approximate surface area is 455 Å². The van der Waals surface area contributed by atoms with Crippen LogP contribution in [0.3, 0.4) is 0 Å². The maximum Gasteiger partial charge on any atom is 0.388 e. The molecule has 5 amide bonds. The van der Waals surface area contributed by atoms with Crippen molar-refractivity contribution in [2.45, 2.75) is 109 Å². The van der Waals surface area contributed by atoms with Gasteiger partial charge in [0, 0.05) is 92.1 Å². The van der Waals surface area contributed by atoms with Crippen molar-refractivity contribution in [2.75, 3.05) is 106 Å². The van der Waals surface area contributed by atoms with Crippen LogP contribution in [0, 0.1) is 0 Å². The number of nitrogens with one attached hydrogen (secondary N) is 5. The topological polar surface area (TPSA) is 329 Å².